The number of hydrogen-bond donors (Lipinski definition) is 3. The molecule has 0 radical (unpaired) electrons. The number of amides is 6. The quantitative estimate of drug-likeness (QED) is 0.341. The SMILES string of the molecule is Cc1cc(COc2ccc(C(=O)NC3CN(C(=O)C4CCN(C(=O)OC(C)(C)C)CC4)CC34NC(=O)NC4=O)cc2)c2ccccc2n1. The van der Waals surface area contributed by atoms with Gasteiger partial charge in [-0.3, -0.25) is 24.7 Å². The molecule has 2 aromatic carbocycles. The first-order chi connectivity index (χ1) is 22.8. The highest BCUT2D eigenvalue weighted by molar-refractivity contribution is 6.09. The Morgan fingerprint density at radius 2 is 1.73 bits per heavy atom. The number of para-hydroxylation sites is 1. The Hall–Kier alpha value is -5.20. The van der Waals surface area contributed by atoms with Gasteiger partial charge in [-0.05, 0) is 76.9 Å². The first-order valence-corrected chi connectivity index (χ1v) is 16.1. The van der Waals surface area contributed by atoms with Crippen LogP contribution < -0.4 is 20.7 Å². The van der Waals surface area contributed by atoms with Crippen molar-refractivity contribution in [3.8, 4) is 5.75 Å². The molecule has 2 unspecified atom stereocenters. The standard InChI is InChI=1S/C35H40N6O7/c1-21-17-24(26-7-5-6-8-27(26)36-21)19-47-25-11-9-22(10-12-25)29(42)37-28-18-41(20-35(28)31(44)38-32(45)39-35)30(43)23-13-15-40(16-14-23)33(46)48-34(2,3)4/h5-12,17,23,28H,13-16,18-20H2,1-4H3,(H,37,42)(H2,38,39,44,45). The summed E-state index contributed by atoms with van der Waals surface area (Å²) in [6, 6.07) is 14.9. The van der Waals surface area contributed by atoms with Gasteiger partial charge in [0.1, 0.15) is 18.0 Å². The fraction of sp³-hybridized carbons (Fsp3) is 0.429. The summed E-state index contributed by atoms with van der Waals surface area (Å²) in [6.07, 6.45) is 0.448. The van der Waals surface area contributed by atoms with Crippen LogP contribution in [0.3, 0.4) is 0 Å². The molecular weight excluding hydrogens is 616 g/mol. The summed E-state index contributed by atoms with van der Waals surface area (Å²) in [5.41, 5.74) is 0.977. The third-order valence-corrected chi connectivity index (χ3v) is 8.96. The van der Waals surface area contributed by atoms with Gasteiger partial charge in [-0.2, -0.15) is 0 Å². The molecule has 3 fully saturated rings. The van der Waals surface area contributed by atoms with E-state index in [9.17, 15) is 24.0 Å². The zero-order chi connectivity index (χ0) is 34.2. The van der Waals surface area contributed by atoms with E-state index in [1.54, 1.807) is 49.9 Å². The molecule has 0 aliphatic carbocycles. The number of hydrogen-bond acceptors (Lipinski definition) is 8. The Morgan fingerprint density at radius 3 is 2.40 bits per heavy atom. The number of likely N-dealkylation sites (tertiary alicyclic amines) is 2. The van der Waals surface area contributed by atoms with Gasteiger partial charge in [0.05, 0.1) is 18.1 Å². The van der Waals surface area contributed by atoms with Crippen molar-refractivity contribution in [2.75, 3.05) is 26.2 Å². The maximum atomic E-state index is 13.6. The van der Waals surface area contributed by atoms with E-state index >= 15 is 0 Å². The van der Waals surface area contributed by atoms with Gasteiger partial charge < -0.3 is 29.9 Å². The van der Waals surface area contributed by atoms with Crippen LogP contribution in [0, 0.1) is 12.8 Å². The summed E-state index contributed by atoms with van der Waals surface area (Å²) in [5, 5.41) is 8.83. The van der Waals surface area contributed by atoms with Crippen LogP contribution in [0.25, 0.3) is 10.9 Å². The van der Waals surface area contributed by atoms with E-state index in [2.05, 4.69) is 20.9 Å². The minimum atomic E-state index is -1.51. The van der Waals surface area contributed by atoms with E-state index in [4.69, 9.17) is 9.47 Å². The van der Waals surface area contributed by atoms with Crippen LogP contribution in [0.15, 0.2) is 54.6 Å². The third-order valence-electron chi connectivity index (χ3n) is 8.96. The molecular formula is C35H40N6O7. The summed E-state index contributed by atoms with van der Waals surface area (Å²) in [6.45, 7) is 8.32. The highest BCUT2D eigenvalue weighted by Gasteiger charge is 2.59. The lowest BCUT2D eigenvalue weighted by atomic mass is 9.93. The monoisotopic (exact) mass is 656 g/mol. The molecule has 6 amide bonds. The van der Waals surface area contributed by atoms with Crippen LogP contribution in [-0.2, 0) is 20.9 Å². The smallest absolute Gasteiger partial charge is 0.410 e. The second-order valence-electron chi connectivity index (χ2n) is 13.6. The van der Waals surface area contributed by atoms with Crippen molar-refractivity contribution >= 4 is 40.7 Å². The number of carbonyl (C=O) groups is 5. The molecule has 1 spiro atoms. The van der Waals surface area contributed by atoms with Crippen LogP contribution in [-0.4, -0.2) is 88.0 Å². The van der Waals surface area contributed by atoms with Gasteiger partial charge >= 0.3 is 12.1 Å². The molecule has 3 aliphatic rings. The minimum absolute atomic E-state index is 0.0328. The lowest BCUT2D eigenvalue weighted by molar-refractivity contribution is -0.136. The topological polar surface area (TPSA) is 159 Å². The first kappa shape index (κ1) is 32.7. The fourth-order valence-corrected chi connectivity index (χ4v) is 6.56. The zero-order valence-electron chi connectivity index (χ0n) is 27.5. The summed E-state index contributed by atoms with van der Waals surface area (Å²) < 4.78 is 11.5. The van der Waals surface area contributed by atoms with Gasteiger partial charge in [-0.1, -0.05) is 18.2 Å². The number of ether oxygens (including phenoxy) is 2. The molecule has 0 saturated carbocycles. The molecule has 2 atom stereocenters. The minimum Gasteiger partial charge on any atom is -0.489 e. The largest absolute Gasteiger partial charge is 0.489 e. The third kappa shape index (κ3) is 6.76. The molecule has 6 rings (SSSR count). The van der Waals surface area contributed by atoms with Crippen LogP contribution >= 0.6 is 0 Å². The number of aromatic nitrogens is 1. The van der Waals surface area contributed by atoms with Crippen molar-refractivity contribution in [1.29, 1.82) is 0 Å². The average Bonchev–Trinajstić information content (AvgIpc) is 3.55. The number of aryl methyl sites for hydroxylation is 1. The van der Waals surface area contributed by atoms with Gasteiger partial charge in [-0.25, -0.2) is 9.59 Å². The summed E-state index contributed by atoms with van der Waals surface area (Å²) in [7, 11) is 0. The highest BCUT2D eigenvalue weighted by Crippen LogP contribution is 2.30. The van der Waals surface area contributed by atoms with Crippen molar-refractivity contribution in [2.45, 2.75) is 64.3 Å². The summed E-state index contributed by atoms with van der Waals surface area (Å²) >= 11 is 0. The molecule has 48 heavy (non-hydrogen) atoms. The number of nitrogens with zero attached hydrogens (tertiary/aromatic N) is 3. The molecule has 3 aliphatic heterocycles. The number of imide groups is 1. The van der Waals surface area contributed by atoms with Crippen molar-refractivity contribution in [1.82, 2.24) is 30.7 Å². The van der Waals surface area contributed by atoms with E-state index in [1.165, 1.54) is 4.90 Å². The Balaban J connectivity index is 1.09. The van der Waals surface area contributed by atoms with Crippen molar-refractivity contribution in [3.05, 3.63) is 71.4 Å². The number of fused-ring (bicyclic) bond motifs is 1. The van der Waals surface area contributed by atoms with Gasteiger partial charge in [0.2, 0.25) is 5.91 Å². The second-order valence-corrected chi connectivity index (χ2v) is 13.6. The number of pyridine rings is 1. The van der Waals surface area contributed by atoms with E-state index in [1.807, 2.05) is 37.3 Å². The lowest BCUT2D eigenvalue weighted by Crippen LogP contribution is -2.62. The van der Waals surface area contributed by atoms with Crippen molar-refractivity contribution in [3.63, 3.8) is 0 Å². The maximum absolute atomic E-state index is 13.6. The van der Waals surface area contributed by atoms with E-state index in [0.29, 0.717) is 43.9 Å². The van der Waals surface area contributed by atoms with Gasteiger partial charge in [0.15, 0.2) is 5.54 Å². The molecule has 13 heteroatoms. The Morgan fingerprint density at radius 1 is 1.02 bits per heavy atom. The number of benzene rings is 2. The maximum Gasteiger partial charge on any atom is 0.410 e. The predicted molar refractivity (Wildman–Crippen MR) is 175 cm³/mol. The average molecular weight is 657 g/mol. The van der Waals surface area contributed by atoms with E-state index in [0.717, 1.165) is 22.2 Å². The molecule has 3 N–H and O–H groups in total. The first-order valence-electron chi connectivity index (χ1n) is 16.1. The second kappa shape index (κ2) is 12.8. The van der Waals surface area contributed by atoms with Crippen molar-refractivity contribution in [2.24, 2.45) is 5.92 Å². The van der Waals surface area contributed by atoms with E-state index in [-0.39, 0.29) is 24.9 Å². The Labute approximate surface area is 278 Å². The number of piperidine rings is 1. The summed E-state index contributed by atoms with van der Waals surface area (Å²) in [4.78, 5) is 72.6. The lowest BCUT2D eigenvalue weighted by Gasteiger charge is -2.34. The van der Waals surface area contributed by atoms with Gasteiger partial charge in [-0.15, -0.1) is 0 Å². The molecule has 4 heterocycles. The number of carbonyl (C=O) groups excluding carboxylic acids is 5. The molecule has 252 valence electrons. The number of rotatable bonds is 6. The van der Waals surface area contributed by atoms with Crippen LogP contribution in [0.2, 0.25) is 0 Å². The van der Waals surface area contributed by atoms with Crippen LogP contribution in [0.4, 0.5) is 9.59 Å². The number of urea groups is 1. The van der Waals surface area contributed by atoms with Crippen LogP contribution in [0.5, 0.6) is 5.75 Å². The normalized spacial score (nSPS) is 21.3. The van der Waals surface area contributed by atoms with Gasteiger partial charge in [0, 0.05) is 47.8 Å². The van der Waals surface area contributed by atoms with E-state index < -0.39 is 41.1 Å². The molecule has 1 aromatic heterocycles. The molecule has 0 bridgehead atoms. The highest BCUT2D eigenvalue weighted by atomic mass is 16.6. The molecule has 3 saturated heterocycles. The van der Waals surface area contributed by atoms with Crippen LogP contribution in [0.1, 0.15) is 55.2 Å². The van der Waals surface area contributed by atoms with Gasteiger partial charge in [0.25, 0.3) is 11.8 Å². The number of nitrogens with one attached hydrogen (secondary N) is 3. The fourth-order valence-electron chi connectivity index (χ4n) is 6.56. The Kier molecular flexibility index (Phi) is 8.71. The molecule has 13 nitrogen and oxygen atoms in total. The predicted octanol–water partition coefficient (Wildman–Crippen LogP) is 3.29. The molecule has 3 aromatic rings. The zero-order valence-corrected chi connectivity index (χ0v) is 27.5. The summed E-state index contributed by atoms with van der Waals surface area (Å²) in [5.74, 6) is -1.06. The Bertz CT molecular complexity index is 1760. The van der Waals surface area contributed by atoms with Crippen molar-refractivity contribution < 1.29 is 33.4 Å².